The molecule has 2 aliphatic rings. The van der Waals surface area contributed by atoms with Gasteiger partial charge >= 0.3 is 0 Å². The van der Waals surface area contributed by atoms with E-state index in [1.165, 1.54) is 115 Å². The van der Waals surface area contributed by atoms with Gasteiger partial charge in [0.15, 0.2) is 0 Å². The third kappa shape index (κ3) is 7.28. The Hall–Kier alpha value is -6.04. The average Bonchev–Trinajstić information content (AvgIpc) is 3.83. The fourth-order valence-corrected chi connectivity index (χ4v) is 12.5. The summed E-state index contributed by atoms with van der Waals surface area (Å²) in [4.78, 5) is 5.16. The topological polar surface area (TPSA) is 11.4 Å². The van der Waals surface area contributed by atoms with Crippen LogP contribution in [0.3, 0.4) is 0 Å². The first-order valence-electron chi connectivity index (χ1n) is 25.1. The van der Waals surface area contributed by atoms with E-state index in [9.17, 15) is 0 Å². The van der Waals surface area contributed by atoms with Crippen molar-refractivity contribution >= 4 is 99.8 Å². The molecular formula is C64H68BN3S. The smallest absolute Gasteiger partial charge is 0.264 e. The molecule has 0 N–H and O–H groups in total. The van der Waals surface area contributed by atoms with Crippen LogP contribution in [0.15, 0.2) is 140 Å². The number of fused-ring (bicyclic) bond motifs is 10. The molecule has 0 atom stereocenters. The Kier molecular flexibility index (Phi) is 10.0. The number of benzene rings is 7. The second kappa shape index (κ2) is 15.2. The van der Waals surface area contributed by atoms with Crippen molar-refractivity contribution in [2.75, 3.05) is 9.80 Å². The molecule has 9 aromatic rings. The Morgan fingerprint density at radius 2 is 0.841 bits per heavy atom. The lowest BCUT2D eigenvalue weighted by Gasteiger charge is -2.43. The van der Waals surface area contributed by atoms with Gasteiger partial charge in [-0.1, -0.05) is 177 Å². The summed E-state index contributed by atoms with van der Waals surface area (Å²) in [5, 5.41) is 3.89. The summed E-state index contributed by atoms with van der Waals surface area (Å²) < 4.78 is 5.29. The fourth-order valence-electron chi connectivity index (χ4n) is 11.1. The maximum absolute atomic E-state index is 2.62. The predicted octanol–water partition coefficient (Wildman–Crippen LogP) is 16.6. The van der Waals surface area contributed by atoms with Crippen LogP contribution in [0.4, 0.5) is 34.1 Å². The maximum atomic E-state index is 2.62. The van der Waals surface area contributed by atoms with Gasteiger partial charge in [-0.05, 0) is 133 Å². The Labute approximate surface area is 415 Å². The van der Waals surface area contributed by atoms with Crippen LogP contribution in [0.1, 0.15) is 132 Å². The van der Waals surface area contributed by atoms with Gasteiger partial charge in [0.25, 0.3) is 6.71 Å². The fraction of sp³-hybridized carbons (Fsp3) is 0.312. The van der Waals surface area contributed by atoms with E-state index in [0.717, 1.165) is 0 Å². The van der Waals surface area contributed by atoms with Crippen molar-refractivity contribution in [3.63, 3.8) is 0 Å². The average molecular weight is 922 g/mol. The summed E-state index contributed by atoms with van der Waals surface area (Å²) in [6, 6.07) is 54.6. The standard InChI is InChI=1S/C64H68BN3S/c1-60(2,3)39-19-27-44(28-20-39)66-52-36-26-43(64(13,14)15)38-50(52)65-55-53(66)17-16-18-54(55)68(46-31-23-41(24-32-46)62(7,8)9)57-48-34-33-47-49-37-42(63(10,11)12)25-35-51(49)67(56(47)58(48)69-59(57)65)45-29-21-40(22-30-45)61(4,5)6/h16-38H,1-15H3. The summed E-state index contributed by atoms with van der Waals surface area (Å²) in [6.45, 7) is 34.8. The van der Waals surface area contributed by atoms with Gasteiger partial charge in [-0.3, -0.25) is 0 Å². The molecule has 11 rings (SSSR count). The number of anilines is 6. The molecule has 0 aliphatic carbocycles. The van der Waals surface area contributed by atoms with Crippen LogP contribution in [-0.4, -0.2) is 11.3 Å². The lowest BCUT2D eigenvalue weighted by Crippen LogP contribution is -2.60. The first-order valence-corrected chi connectivity index (χ1v) is 25.9. The first-order chi connectivity index (χ1) is 32.4. The summed E-state index contributed by atoms with van der Waals surface area (Å²) in [6.07, 6.45) is 0. The molecule has 0 saturated carbocycles. The number of nitrogens with zero attached hydrogens (tertiary/aromatic N) is 3. The molecule has 2 aromatic heterocycles. The van der Waals surface area contributed by atoms with E-state index in [1.54, 1.807) is 0 Å². The molecule has 0 saturated heterocycles. The quantitative estimate of drug-likeness (QED) is 0.164. The van der Waals surface area contributed by atoms with Crippen molar-refractivity contribution in [2.45, 2.75) is 131 Å². The molecule has 69 heavy (non-hydrogen) atoms. The second-order valence-corrected chi connectivity index (χ2v) is 26.3. The van der Waals surface area contributed by atoms with Crippen LogP contribution >= 0.6 is 11.3 Å². The van der Waals surface area contributed by atoms with Gasteiger partial charge in [0.1, 0.15) is 0 Å². The molecule has 0 radical (unpaired) electrons. The number of hydrogen-bond donors (Lipinski definition) is 0. The zero-order valence-corrected chi connectivity index (χ0v) is 44.4. The van der Waals surface area contributed by atoms with Gasteiger partial charge in [-0.25, -0.2) is 0 Å². The zero-order valence-electron chi connectivity index (χ0n) is 43.6. The monoisotopic (exact) mass is 922 g/mol. The Morgan fingerprint density at radius 3 is 1.38 bits per heavy atom. The highest BCUT2D eigenvalue weighted by molar-refractivity contribution is 7.34. The molecule has 2 aliphatic heterocycles. The molecule has 5 heteroatoms. The molecule has 4 heterocycles. The number of rotatable bonds is 3. The molecule has 0 bridgehead atoms. The van der Waals surface area contributed by atoms with E-state index in [4.69, 9.17) is 0 Å². The van der Waals surface area contributed by atoms with E-state index >= 15 is 0 Å². The number of thiophene rings is 1. The summed E-state index contributed by atoms with van der Waals surface area (Å²) >= 11 is 2.01. The van der Waals surface area contributed by atoms with E-state index in [2.05, 4.69) is 258 Å². The Morgan fingerprint density at radius 1 is 0.391 bits per heavy atom. The second-order valence-electron chi connectivity index (χ2n) is 25.2. The minimum Gasteiger partial charge on any atom is -0.311 e. The van der Waals surface area contributed by atoms with Crippen LogP contribution in [0, 0.1) is 0 Å². The first kappa shape index (κ1) is 45.4. The van der Waals surface area contributed by atoms with Crippen LogP contribution in [0.25, 0.3) is 37.6 Å². The molecule has 0 spiro atoms. The molecule has 0 unspecified atom stereocenters. The molecular weight excluding hydrogens is 854 g/mol. The van der Waals surface area contributed by atoms with Crippen LogP contribution in [0.5, 0.6) is 0 Å². The number of aromatic nitrogens is 1. The Balaban J connectivity index is 1.26. The van der Waals surface area contributed by atoms with Gasteiger partial charge in [-0.15, -0.1) is 11.3 Å². The largest absolute Gasteiger partial charge is 0.311 e. The van der Waals surface area contributed by atoms with Crippen LogP contribution in [0.2, 0.25) is 0 Å². The zero-order chi connectivity index (χ0) is 48.9. The van der Waals surface area contributed by atoms with Crippen molar-refractivity contribution < 1.29 is 0 Å². The molecule has 0 amide bonds. The summed E-state index contributed by atoms with van der Waals surface area (Å²) in [5.41, 5.74) is 20.6. The maximum Gasteiger partial charge on any atom is 0.264 e. The van der Waals surface area contributed by atoms with Gasteiger partial charge in [0.2, 0.25) is 0 Å². The van der Waals surface area contributed by atoms with E-state index < -0.39 is 0 Å². The molecule has 7 aromatic carbocycles. The van der Waals surface area contributed by atoms with Crippen molar-refractivity contribution in [2.24, 2.45) is 0 Å². The lowest BCUT2D eigenvalue weighted by atomic mass is 9.36. The molecule has 348 valence electrons. The minimum absolute atomic E-state index is 0.0123. The highest BCUT2D eigenvalue weighted by atomic mass is 32.1. The van der Waals surface area contributed by atoms with Crippen molar-refractivity contribution in [1.82, 2.24) is 4.57 Å². The summed E-state index contributed by atoms with van der Waals surface area (Å²) in [7, 11) is 0. The van der Waals surface area contributed by atoms with Crippen molar-refractivity contribution in [1.29, 1.82) is 0 Å². The lowest BCUT2D eigenvalue weighted by molar-refractivity contribution is 0.590. The SMILES string of the molecule is CC(C)(C)c1ccc(N2c3ccc(C(C)(C)C)cc3B3c4sc5c(ccc6c7cc(C(C)(C)C)ccc7n(-c7ccc(C(C)(C)C)cc7)c65)c4N(c4ccc(C(C)(C)C)cc4)c4cccc2c43)cc1. The molecule has 3 nitrogen and oxygen atoms in total. The van der Waals surface area contributed by atoms with E-state index in [0.29, 0.717) is 0 Å². The highest BCUT2D eigenvalue weighted by Gasteiger charge is 2.46. The van der Waals surface area contributed by atoms with Gasteiger partial charge < -0.3 is 14.4 Å². The van der Waals surface area contributed by atoms with Crippen molar-refractivity contribution in [3.8, 4) is 5.69 Å². The van der Waals surface area contributed by atoms with Crippen LogP contribution < -0.4 is 25.5 Å². The van der Waals surface area contributed by atoms with Gasteiger partial charge in [-0.2, -0.15) is 0 Å². The normalized spacial score (nSPS) is 14.2. The summed E-state index contributed by atoms with van der Waals surface area (Å²) in [5.74, 6) is 0. The minimum atomic E-state index is -0.0337. The van der Waals surface area contributed by atoms with Gasteiger partial charge in [0.05, 0.1) is 21.4 Å². The molecule has 0 fully saturated rings. The van der Waals surface area contributed by atoms with E-state index in [-0.39, 0.29) is 33.8 Å². The Bertz CT molecular complexity index is 3500. The third-order valence-corrected chi connectivity index (χ3v) is 16.5. The predicted molar refractivity (Wildman–Crippen MR) is 304 cm³/mol. The van der Waals surface area contributed by atoms with Gasteiger partial charge in [0, 0.05) is 55.1 Å². The number of hydrogen-bond acceptors (Lipinski definition) is 3. The third-order valence-electron chi connectivity index (χ3n) is 15.2. The van der Waals surface area contributed by atoms with Crippen molar-refractivity contribution in [3.05, 3.63) is 167 Å². The van der Waals surface area contributed by atoms with Crippen LogP contribution in [-0.2, 0) is 27.1 Å². The van der Waals surface area contributed by atoms with E-state index in [1.807, 2.05) is 11.3 Å². The highest BCUT2D eigenvalue weighted by Crippen LogP contribution is 2.51.